The lowest BCUT2D eigenvalue weighted by molar-refractivity contribution is -0.137. The summed E-state index contributed by atoms with van der Waals surface area (Å²) in [5.74, 6) is -0.548. The van der Waals surface area contributed by atoms with Gasteiger partial charge in [0.05, 0.1) is 28.9 Å². The fourth-order valence-corrected chi connectivity index (χ4v) is 2.50. The van der Waals surface area contributed by atoms with E-state index in [2.05, 4.69) is 4.99 Å². The predicted octanol–water partition coefficient (Wildman–Crippen LogP) is 4.72. The number of aryl methyl sites for hydroxylation is 1. The van der Waals surface area contributed by atoms with Crippen molar-refractivity contribution in [2.24, 2.45) is 4.99 Å². The van der Waals surface area contributed by atoms with E-state index >= 15 is 0 Å². The highest BCUT2D eigenvalue weighted by molar-refractivity contribution is 6.21. The van der Waals surface area contributed by atoms with Gasteiger partial charge in [-0.2, -0.15) is 13.2 Å². The summed E-state index contributed by atoms with van der Waals surface area (Å²) >= 11 is 0. The molecule has 0 saturated carbocycles. The van der Waals surface area contributed by atoms with Crippen molar-refractivity contribution in [1.29, 1.82) is 0 Å². The van der Waals surface area contributed by atoms with E-state index in [0.717, 1.165) is 17.2 Å². The van der Waals surface area contributed by atoms with Gasteiger partial charge in [0.25, 0.3) is 0 Å². The van der Waals surface area contributed by atoms with Gasteiger partial charge < -0.3 is 0 Å². The Morgan fingerprint density at radius 1 is 1.05 bits per heavy atom. The summed E-state index contributed by atoms with van der Waals surface area (Å²) < 4.78 is 39.0. The Morgan fingerprint density at radius 3 is 2.36 bits per heavy atom. The van der Waals surface area contributed by atoms with Crippen molar-refractivity contribution in [1.82, 2.24) is 0 Å². The molecule has 0 aromatic heterocycles. The van der Waals surface area contributed by atoms with Gasteiger partial charge in [0.1, 0.15) is 0 Å². The van der Waals surface area contributed by atoms with E-state index in [9.17, 15) is 18.0 Å². The molecule has 0 aliphatic carbocycles. The van der Waals surface area contributed by atoms with Gasteiger partial charge in [0.2, 0.25) is 0 Å². The van der Waals surface area contributed by atoms with Crippen LogP contribution >= 0.6 is 0 Å². The predicted molar refractivity (Wildman–Crippen MR) is 77.8 cm³/mol. The Morgan fingerprint density at radius 2 is 1.73 bits per heavy atom. The Balaban J connectivity index is 2.13. The summed E-state index contributed by atoms with van der Waals surface area (Å²) in [6.07, 6.45) is -4.68. The monoisotopic (exact) mass is 303 g/mol. The maximum absolute atomic E-state index is 13.0. The fraction of sp³-hybridized carbons (Fsp3) is 0.176. The van der Waals surface area contributed by atoms with Crippen LogP contribution in [-0.4, -0.2) is 11.5 Å². The van der Waals surface area contributed by atoms with Crippen molar-refractivity contribution in [2.45, 2.75) is 19.5 Å². The van der Waals surface area contributed by atoms with E-state index < -0.39 is 17.5 Å². The van der Waals surface area contributed by atoms with Gasteiger partial charge in [0.15, 0.2) is 5.78 Å². The molecule has 0 radical (unpaired) electrons. The van der Waals surface area contributed by atoms with Crippen molar-refractivity contribution >= 4 is 17.2 Å². The molecular weight excluding hydrogens is 291 g/mol. The zero-order chi connectivity index (χ0) is 15.9. The lowest BCUT2D eigenvalue weighted by Crippen LogP contribution is -2.19. The van der Waals surface area contributed by atoms with Crippen LogP contribution in [0.25, 0.3) is 0 Å². The molecule has 0 fully saturated rings. The van der Waals surface area contributed by atoms with Crippen LogP contribution in [0.3, 0.4) is 0 Å². The van der Waals surface area contributed by atoms with Gasteiger partial charge in [-0.1, -0.05) is 35.9 Å². The van der Waals surface area contributed by atoms with Crippen molar-refractivity contribution in [3.8, 4) is 0 Å². The molecule has 1 heterocycles. The molecule has 22 heavy (non-hydrogen) atoms. The van der Waals surface area contributed by atoms with E-state index in [-0.39, 0.29) is 17.7 Å². The third-order valence-electron chi connectivity index (χ3n) is 3.59. The molecule has 0 spiro atoms. The van der Waals surface area contributed by atoms with Crippen LogP contribution in [0.5, 0.6) is 0 Å². The van der Waals surface area contributed by atoms with E-state index in [1.54, 1.807) is 0 Å². The van der Waals surface area contributed by atoms with Gasteiger partial charge in [0, 0.05) is 0 Å². The van der Waals surface area contributed by atoms with E-state index in [1.165, 1.54) is 12.1 Å². The van der Waals surface area contributed by atoms with Crippen molar-refractivity contribution in [3.63, 3.8) is 0 Å². The SMILES string of the molecule is Cc1ccc(C2=Nc3cccc(C(F)(F)F)c3C(=O)C2)cc1. The standard InChI is InChI=1S/C17H12F3NO/c1-10-5-7-11(8-6-10)14-9-15(22)16-12(17(18,19)20)3-2-4-13(16)21-14/h2-8H,9H2,1H3. The van der Waals surface area contributed by atoms with Crippen LogP contribution in [0, 0.1) is 6.92 Å². The Labute approximate surface area is 125 Å². The van der Waals surface area contributed by atoms with Gasteiger partial charge in [-0.3, -0.25) is 9.79 Å². The third kappa shape index (κ3) is 2.54. The molecule has 0 bridgehead atoms. The molecule has 1 aliphatic rings. The molecule has 0 atom stereocenters. The number of hydrogen-bond acceptors (Lipinski definition) is 2. The smallest absolute Gasteiger partial charge is 0.294 e. The van der Waals surface area contributed by atoms with Crippen LogP contribution in [-0.2, 0) is 6.18 Å². The first-order valence-corrected chi connectivity index (χ1v) is 6.74. The molecule has 112 valence electrons. The molecule has 5 heteroatoms. The van der Waals surface area contributed by atoms with Crippen LogP contribution in [0.2, 0.25) is 0 Å². The third-order valence-corrected chi connectivity index (χ3v) is 3.59. The summed E-state index contributed by atoms with van der Waals surface area (Å²) in [6, 6.07) is 11.0. The number of ketones is 1. The highest BCUT2D eigenvalue weighted by Crippen LogP contribution is 2.38. The van der Waals surface area contributed by atoms with Gasteiger partial charge >= 0.3 is 6.18 Å². The van der Waals surface area contributed by atoms with Gasteiger partial charge in [-0.25, -0.2) is 0 Å². The van der Waals surface area contributed by atoms with Gasteiger partial charge in [-0.05, 0) is 24.6 Å². The van der Waals surface area contributed by atoms with Crippen molar-refractivity contribution in [3.05, 3.63) is 64.7 Å². The molecule has 2 aromatic carbocycles. The minimum atomic E-state index is -4.56. The minimum absolute atomic E-state index is 0.0849. The second-order valence-corrected chi connectivity index (χ2v) is 5.22. The number of carbonyl (C=O) groups is 1. The molecule has 0 N–H and O–H groups in total. The number of rotatable bonds is 1. The van der Waals surface area contributed by atoms with Crippen molar-refractivity contribution < 1.29 is 18.0 Å². The molecular formula is C17H12F3NO. The first-order chi connectivity index (χ1) is 10.4. The molecule has 0 unspecified atom stereocenters. The Kier molecular flexibility index (Phi) is 3.35. The first-order valence-electron chi connectivity index (χ1n) is 6.74. The largest absolute Gasteiger partial charge is 0.417 e. The zero-order valence-corrected chi connectivity index (χ0v) is 11.7. The number of benzene rings is 2. The molecule has 3 rings (SSSR count). The van der Waals surface area contributed by atoms with Crippen LogP contribution < -0.4 is 0 Å². The topological polar surface area (TPSA) is 29.4 Å². The molecule has 0 amide bonds. The molecule has 1 aliphatic heterocycles. The number of halogens is 3. The van der Waals surface area contributed by atoms with E-state index in [1.807, 2.05) is 31.2 Å². The number of aliphatic imine (C=N–C) groups is 1. The number of carbonyl (C=O) groups excluding carboxylic acids is 1. The van der Waals surface area contributed by atoms with Crippen LogP contribution in [0.4, 0.5) is 18.9 Å². The summed E-state index contributed by atoms with van der Waals surface area (Å²) in [7, 11) is 0. The molecule has 2 nitrogen and oxygen atoms in total. The van der Waals surface area contributed by atoms with E-state index in [0.29, 0.717) is 5.71 Å². The highest BCUT2D eigenvalue weighted by atomic mass is 19.4. The quantitative estimate of drug-likeness (QED) is 0.749. The Bertz CT molecular complexity index is 773. The average Bonchev–Trinajstić information content (AvgIpc) is 2.46. The second-order valence-electron chi connectivity index (χ2n) is 5.22. The maximum Gasteiger partial charge on any atom is 0.417 e. The lowest BCUT2D eigenvalue weighted by atomic mass is 9.92. The van der Waals surface area contributed by atoms with Crippen molar-refractivity contribution in [2.75, 3.05) is 0 Å². The first kappa shape index (κ1) is 14.5. The van der Waals surface area contributed by atoms with Crippen LogP contribution in [0.1, 0.15) is 33.5 Å². The van der Waals surface area contributed by atoms with E-state index in [4.69, 9.17) is 0 Å². The highest BCUT2D eigenvalue weighted by Gasteiger charge is 2.37. The summed E-state index contributed by atoms with van der Waals surface area (Å²) in [4.78, 5) is 16.5. The second kappa shape index (κ2) is 5.09. The molecule has 2 aromatic rings. The lowest BCUT2D eigenvalue weighted by Gasteiger charge is -2.19. The summed E-state index contributed by atoms with van der Waals surface area (Å²) in [6.45, 7) is 1.93. The average molecular weight is 303 g/mol. The van der Waals surface area contributed by atoms with Gasteiger partial charge in [-0.15, -0.1) is 0 Å². The number of nitrogens with zero attached hydrogens (tertiary/aromatic N) is 1. The van der Waals surface area contributed by atoms with Crippen LogP contribution in [0.15, 0.2) is 47.5 Å². The molecule has 0 saturated heterocycles. The summed E-state index contributed by atoms with van der Waals surface area (Å²) in [5.41, 5.74) is 1.15. The number of fused-ring (bicyclic) bond motifs is 1. The normalized spacial score (nSPS) is 14.5. The fourth-order valence-electron chi connectivity index (χ4n) is 2.50. The maximum atomic E-state index is 13.0. The Hall–Kier alpha value is -2.43. The summed E-state index contributed by atoms with van der Waals surface area (Å²) in [5, 5.41) is 0. The number of hydrogen-bond donors (Lipinski definition) is 0. The zero-order valence-electron chi connectivity index (χ0n) is 11.7. The minimum Gasteiger partial charge on any atom is -0.294 e. The number of Topliss-reactive ketones (excluding diaryl/α,β-unsaturated/α-hetero) is 1. The number of alkyl halides is 3.